The van der Waals surface area contributed by atoms with Crippen LogP contribution in [0.2, 0.25) is 19.6 Å². The van der Waals surface area contributed by atoms with Crippen molar-refractivity contribution in [2.75, 3.05) is 0 Å². The summed E-state index contributed by atoms with van der Waals surface area (Å²) in [6.45, 7) is 11.0. The predicted molar refractivity (Wildman–Crippen MR) is 75.1 cm³/mol. The van der Waals surface area contributed by atoms with Gasteiger partial charge in [-0.3, -0.25) is 0 Å². The van der Waals surface area contributed by atoms with Gasteiger partial charge in [0.1, 0.15) is 8.07 Å². The first-order valence-corrected chi connectivity index (χ1v) is 10.1. The number of aliphatic hydroxyl groups is 1. The second-order valence-corrected chi connectivity index (χ2v) is 10.5. The number of hydrogen-bond acceptors (Lipinski definition) is 1. The van der Waals surface area contributed by atoms with Gasteiger partial charge >= 0.3 is 0 Å². The third kappa shape index (κ3) is 9.00. The minimum Gasteiger partial charge on any atom is -0.392 e. The molecule has 0 aliphatic carbocycles. The molecule has 2 heteroatoms. The van der Waals surface area contributed by atoms with Crippen molar-refractivity contribution in [3.8, 4) is 11.5 Å². The lowest BCUT2D eigenvalue weighted by Gasteiger charge is -2.14. The van der Waals surface area contributed by atoms with Crippen molar-refractivity contribution in [2.45, 2.75) is 71.7 Å². The van der Waals surface area contributed by atoms with E-state index in [-0.39, 0.29) is 12.0 Å². The van der Waals surface area contributed by atoms with Crippen LogP contribution in [0.3, 0.4) is 0 Å². The molecule has 2 atom stereocenters. The first-order chi connectivity index (χ1) is 7.37. The zero-order valence-electron chi connectivity index (χ0n) is 11.6. The summed E-state index contributed by atoms with van der Waals surface area (Å²) in [5.41, 5.74) is 3.33. The standard InChI is InChI=1S/C14H28OSi/c1-6-7-8-9-10-14(15)13(2)11-12-16(3,4)5/h13-15H,6-10H2,1-5H3/t13-,14+/m0/s1. The molecule has 1 nitrogen and oxygen atoms in total. The van der Waals surface area contributed by atoms with Crippen LogP contribution in [0.25, 0.3) is 0 Å². The first kappa shape index (κ1) is 15.7. The summed E-state index contributed by atoms with van der Waals surface area (Å²) in [7, 11) is -1.28. The Morgan fingerprint density at radius 3 is 2.25 bits per heavy atom. The normalized spacial score (nSPS) is 15.1. The Hall–Kier alpha value is -0.263. The van der Waals surface area contributed by atoms with E-state index in [1.165, 1.54) is 19.3 Å². The van der Waals surface area contributed by atoms with Crippen LogP contribution in [0.5, 0.6) is 0 Å². The van der Waals surface area contributed by atoms with Crippen LogP contribution < -0.4 is 0 Å². The molecule has 0 saturated carbocycles. The topological polar surface area (TPSA) is 20.2 Å². The highest BCUT2D eigenvalue weighted by Gasteiger charge is 2.13. The van der Waals surface area contributed by atoms with Gasteiger partial charge in [0.05, 0.1) is 6.10 Å². The van der Waals surface area contributed by atoms with Crippen molar-refractivity contribution in [1.29, 1.82) is 0 Å². The predicted octanol–water partition coefficient (Wildman–Crippen LogP) is 3.83. The molecule has 16 heavy (non-hydrogen) atoms. The Morgan fingerprint density at radius 2 is 1.75 bits per heavy atom. The van der Waals surface area contributed by atoms with Gasteiger partial charge in [0.2, 0.25) is 0 Å². The van der Waals surface area contributed by atoms with E-state index in [1.807, 2.05) is 6.92 Å². The molecule has 0 heterocycles. The quantitative estimate of drug-likeness (QED) is 0.425. The third-order valence-corrected chi connectivity index (χ3v) is 3.50. The molecule has 0 fully saturated rings. The maximum absolute atomic E-state index is 9.93. The van der Waals surface area contributed by atoms with Crippen LogP contribution in [-0.2, 0) is 0 Å². The molecule has 0 radical (unpaired) electrons. The lowest BCUT2D eigenvalue weighted by atomic mass is 10.00. The van der Waals surface area contributed by atoms with Gasteiger partial charge in [-0.25, -0.2) is 0 Å². The van der Waals surface area contributed by atoms with E-state index in [2.05, 4.69) is 38.0 Å². The van der Waals surface area contributed by atoms with Crippen molar-refractivity contribution < 1.29 is 5.11 Å². The van der Waals surface area contributed by atoms with Crippen molar-refractivity contribution >= 4 is 8.07 Å². The number of aliphatic hydroxyl groups excluding tert-OH is 1. The fourth-order valence-electron chi connectivity index (χ4n) is 1.46. The molecule has 0 aliphatic heterocycles. The summed E-state index contributed by atoms with van der Waals surface area (Å²) in [5, 5.41) is 9.93. The van der Waals surface area contributed by atoms with Crippen LogP contribution in [0.1, 0.15) is 46.0 Å². The minimum absolute atomic E-state index is 0.133. The number of hydrogen-bond donors (Lipinski definition) is 1. The maximum Gasteiger partial charge on any atom is 0.129 e. The van der Waals surface area contributed by atoms with Gasteiger partial charge in [-0.05, 0) is 13.3 Å². The van der Waals surface area contributed by atoms with Crippen LogP contribution in [0.15, 0.2) is 0 Å². The largest absolute Gasteiger partial charge is 0.392 e. The van der Waals surface area contributed by atoms with Gasteiger partial charge in [0.15, 0.2) is 0 Å². The summed E-state index contributed by atoms with van der Waals surface area (Å²) in [6, 6.07) is 0. The smallest absolute Gasteiger partial charge is 0.129 e. The Morgan fingerprint density at radius 1 is 1.12 bits per heavy atom. The Balaban J connectivity index is 3.89. The number of unbranched alkanes of at least 4 members (excludes halogenated alkanes) is 3. The van der Waals surface area contributed by atoms with Crippen LogP contribution >= 0.6 is 0 Å². The molecule has 0 bridgehead atoms. The molecule has 0 aliphatic rings. The van der Waals surface area contributed by atoms with Crippen molar-refractivity contribution in [2.24, 2.45) is 5.92 Å². The Labute approximate surface area is 103 Å². The summed E-state index contributed by atoms with van der Waals surface area (Å²) in [5.74, 6) is 3.36. The molecule has 0 rings (SSSR count). The molecule has 0 aromatic carbocycles. The van der Waals surface area contributed by atoms with Gasteiger partial charge in [-0.15, -0.1) is 11.5 Å². The summed E-state index contributed by atoms with van der Waals surface area (Å²) < 4.78 is 0. The zero-order chi connectivity index (χ0) is 12.6. The molecule has 0 spiro atoms. The lowest BCUT2D eigenvalue weighted by Crippen LogP contribution is -2.20. The molecule has 0 saturated heterocycles. The molecule has 0 aromatic heterocycles. The molecular formula is C14H28OSi. The van der Waals surface area contributed by atoms with Gasteiger partial charge in [-0.1, -0.05) is 52.2 Å². The Kier molecular flexibility index (Phi) is 7.79. The third-order valence-electron chi connectivity index (χ3n) is 2.61. The fourth-order valence-corrected chi connectivity index (χ4v) is 2.12. The molecule has 0 unspecified atom stereocenters. The summed E-state index contributed by atoms with van der Waals surface area (Å²) >= 11 is 0. The van der Waals surface area contributed by atoms with Gasteiger partial charge < -0.3 is 5.11 Å². The highest BCUT2D eigenvalue weighted by molar-refractivity contribution is 6.83. The van der Waals surface area contributed by atoms with E-state index in [0.29, 0.717) is 0 Å². The average Bonchev–Trinajstić information content (AvgIpc) is 2.19. The minimum atomic E-state index is -1.28. The van der Waals surface area contributed by atoms with E-state index < -0.39 is 8.07 Å². The van der Waals surface area contributed by atoms with Crippen LogP contribution in [0.4, 0.5) is 0 Å². The second-order valence-electron chi connectivity index (χ2n) is 5.72. The van der Waals surface area contributed by atoms with Gasteiger partial charge in [0, 0.05) is 5.92 Å². The maximum atomic E-state index is 9.93. The second kappa shape index (κ2) is 7.92. The molecular weight excluding hydrogens is 212 g/mol. The summed E-state index contributed by atoms with van der Waals surface area (Å²) in [6.07, 6.45) is 5.57. The highest BCUT2D eigenvalue weighted by atomic mass is 28.3. The summed E-state index contributed by atoms with van der Waals surface area (Å²) in [4.78, 5) is 0. The van der Waals surface area contributed by atoms with E-state index in [1.54, 1.807) is 0 Å². The van der Waals surface area contributed by atoms with Gasteiger partial charge in [0.25, 0.3) is 0 Å². The SMILES string of the molecule is CCCCCC[C@@H](O)[C@@H](C)C#C[Si](C)(C)C. The van der Waals surface area contributed by atoms with Crippen molar-refractivity contribution in [3.05, 3.63) is 0 Å². The lowest BCUT2D eigenvalue weighted by molar-refractivity contribution is 0.128. The molecule has 0 aromatic rings. The van der Waals surface area contributed by atoms with Crippen LogP contribution in [0, 0.1) is 17.4 Å². The molecule has 0 amide bonds. The van der Waals surface area contributed by atoms with Crippen molar-refractivity contribution in [1.82, 2.24) is 0 Å². The monoisotopic (exact) mass is 240 g/mol. The van der Waals surface area contributed by atoms with E-state index in [4.69, 9.17) is 0 Å². The van der Waals surface area contributed by atoms with Crippen LogP contribution in [-0.4, -0.2) is 19.3 Å². The van der Waals surface area contributed by atoms with E-state index >= 15 is 0 Å². The number of rotatable bonds is 6. The zero-order valence-corrected chi connectivity index (χ0v) is 12.6. The molecule has 1 N–H and O–H groups in total. The average molecular weight is 240 g/mol. The Bertz CT molecular complexity index is 231. The van der Waals surface area contributed by atoms with E-state index in [0.717, 1.165) is 12.8 Å². The fraction of sp³-hybridized carbons (Fsp3) is 0.857. The van der Waals surface area contributed by atoms with E-state index in [9.17, 15) is 5.11 Å². The molecule has 94 valence electrons. The van der Waals surface area contributed by atoms with Crippen molar-refractivity contribution in [3.63, 3.8) is 0 Å². The van der Waals surface area contributed by atoms with Gasteiger partial charge in [-0.2, -0.15) is 0 Å². The highest BCUT2D eigenvalue weighted by Crippen LogP contribution is 2.12. The first-order valence-electron chi connectivity index (χ1n) is 6.57.